The fourth-order valence-corrected chi connectivity index (χ4v) is 1.53. The summed E-state index contributed by atoms with van der Waals surface area (Å²) in [4.78, 5) is 29.4. The maximum absolute atomic E-state index is 11.7. The standard InChI is InChI=1S/C13H13N3O2/c17-12-6-3-5-11(16-12)13(18)15-9-7-10-4-1-2-8-14-10/h1-6,8H,7,9H2,(H,15,18)(H,16,17). The average molecular weight is 243 g/mol. The van der Waals surface area contributed by atoms with Gasteiger partial charge in [-0.1, -0.05) is 12.1 Å². The Hall–Kier alpha value is -2.43. The highest BCUT2D eigenvalue weighted by atomic mass is 16.2. The third-order valence-electron chi connectivity index (χ3n) is 2.41. The second kappa shape index (κ2) is 5.77. The highest BCUT2D eigenvalue weighted by Gasteiger charge is 2.05. The van der Waals surface area contributed by atoms with E-state index in [1.165, 1.54) is 6.07 Å². The van der Waals surface area contributed by atoms with E-state index < -0.39 is 0 Å². The lowest BCUT2D eigenvalue weighted by molar-refractivity contribution is 0.0949. The first kappa shape index (κ1) is 12.0. The molecule has 5 heteroatoms. The topological polar surface area (TPSA) is 74.8 Å². The molecule has 92 valence electrons. The van der Waals surface area contributed by atoms with Crippen LogP contribution in [0.5, 0.6) is 0 Å². The van der Waals surface area contributed by atoms with E-state index in [4.69, 9.17) is 0 Å². The molecule has 2 rings (SSSR count). The van der Waals surface area contributed by atoms with Crippen LogP contribution in [0.3, 0.4) is 0 Å². The van der Waals surface area contributed by atoms with Crippen molar-refractivity contribution in [3.63, 3.8) is 0 Å². The van der Waals surface area contributed by atoms with E-state index in [1.807, 2.05) is 18.2 Å². The lowest BCUT2D eigenvalue weighted by atomic mass is 10.2. The van der Waals surface area contributed by atoms with Gasteiger partial charge in [0.05, 0.1) is 0 Å². The number of carbonyl (C=O) groups is 1. The molecule has 0 unspecified atom stereocenters. The van der Waals surface area contributed by atoms with Crippen molar-refractivity contribution in [1.82, 2.24) is 15.3 Å². The van der Waals surface area contributed by atoms with Crippen molar-refractivity contribution in [2.45, 2.75) is 6.42 Å². The first-order valence-corrected chi connectivity index (χ1v) is 5.63. The minimum atomic E-state index is -0.288. The summed E-state index contributed by atoms with van der Waals surface area (Å²) in [5.41, 5.74) is 0.898. The number of nitrogens with one attached hydrogen (secondary N) is 2. The number of nitrogens with zero attached hydrogens (tertiary/aromatic N) is 1. The molecule has 0 fully saturated rings. The second-order valence-corrected chi connectivity index (χ2v) is 3.76. The summed E-state index contributed by atoms with van der Waals surface area (Å²) in [5.74, 6) is -0.288. The molecule has 1 amide bonds. The molecule has 0 saturated heterocycles. The fourth-order valence-electron chi connectivity index (χ4n) is 1.53. The Morgan fingerprint density at radius 2 is 2.11 bits per heavy atom. The van der Waals surface area contributed by atoms with Gasteiger partial charge < -0.3 is 10.3 Å². The minimum absolute atomic E-state index is 0.267. The van der Waals surface area contributed by atoms with Crippen LogP contribution in [0.25, 0.3) is 0 Å². The zero-order valence-corrected chi connectivity index (χ0v) is 9.72. The van der Waals surface area contributed by atoms with Gasteiger partial charge in [0.25, 0.3) is 5.91 Å². The van der Waals surface area contributed by atoms with Crippen LogP contribution in [-0.2, 0) is 6.42 Å². The van der Waals surface area contributed by atoms with Crippen molar-refractivity contribution in [3.05, 3.63) is 64.3 Å². The minimum Gasteiger partial charge on any atom is -0.350 e. The van der Waals surface area contributed by atoms with Crippen molar-refractivity contribution >= 4 is 5.91 Å². The Morgan fingerprint density at radius 3 is 2.83 bits per heavy atom. The highest BCUT2D eigenvalue weighted by Crippen LogP contribution is 1.94. The van der Waals surface area contributed by atoms with Gasteiger partial charge in [-0.05, 0) is 18.2 Å². The summed E-state index contributed by atoms with van der Waals surface area (Å²) in [6.07, 6.45) is 2.37. The largest absolute Gasteiger partial charge is 0.350 e. The van der Waals surface area contributed by atoms with Crippen molar-refractivity contribution in [1.29, 1.82) is 0 Å². The molecule has 0 spiro atoms. The monoisotopic (exact) mass is 243 g/mol. The van der Waals surface area contributed by atoms with Crippen LogP contribution in [0, 0.1) is 0 Å². The van der Waals surface area contributed by atoms with Crippen LogP contribution in [0.4, 0.5) is 0 Å². The highest BCUT2D eigenvalue weighted by molar-refractivity contribution is 5.92. The van der Waals surface area contributed by atoms with Crippen LogP contribution in [0.2, 0.25) is 0 Å². The maximum atomic E-state index is 11.7. The number of pyridine rings is 2. The molecule has 0 radical (unpaired) electrons. The molecule has 18 heavy (non-hydrogen) atoms. The smallest absolute Gasteiger partial charge is 0.267 e. The molecular weight excluding hydrogens is 230 g/mol. The predicted molar refractivity (Wildman–Crippen MR) is 67.3 cm³/mol. The van der Waals surface area contributed by atoms with E-state index in [9.17, 15) is 9.59 Å². The number of hydrogen-bond donors (Lipinski definition) is 2. The zero-order chi connectivity index (χ0) is 12.8. The summed E-state index contributed by atoms with van der Waals surface area (Å²) < 4.78 is 0. The number of carbonyl (C=O) groups excluding carboxylic acids is 1. The average Bonchev–Trinajstić information content (AvgIpc) is 2.40. The molecule has 0 atom stereocenters. The number of aromatic amines is 1. The van der Waals surface area contributed by atoms with Gasteiger partial charge in [0.2, 0.25) is 5.56 Å². The van der Waals surface area contributed by atoms with Crippen molar-refractivity contribution < 1.29 is 4.79 Å². The number of aromatic nitrogens is 2. The number of H-pyrrole nitrogens is 1. The summed E-state index contributed by atoms with van der Waals surface area (Å²) in [7, 11) is 0. The molecule has 0 saturated carbocycles. The molecule has 0 aliphatic heterocycles. The molecule has 2 aromatic heterocycles. The predicted octanol–water partition coefficient (Wildman–Crippen LogP) is 0.742. The number of amides is 1. The molecule has 5 nitrogen and oxygen atoms in total. The van der Waals surface area contributed by atoms with Gasteiger partial charge in [-0.2, -0.15) is 0 Å². The molecule has 2 N–H and O–H groups in total. The van der Waals surface area contributed by atoms with Gasteiger partial charge in [0, 0.05) is 30.9 Å². The Labute approximate surface area is 104 Å². The van der Waals surface area contributed by atoms with E-state index >= 15 is 0 Å². The van der Waals surface area contributed by atoms with Crippen molar-refractivity contribution in [2.75, 3.05) is 6.54 Å². The van der Waals surface area contributed by atoms with Gasteiger partial charge in [-0.15, -0.1) is 0 Å². The molecule has 2 heterocycles. The van der Waals surface area contributed by atoms with Crippen molar-refractivity contribution in [3.8, 4) is 0 Å². The maximum Gasteiger partial charge on any atom is 0.267 e. The lowest BCUT2D eigenvalue weighted by Crippen LogP contribution is -2.28. The lowest BCUT2D eigenvalue weighted by Gasteiger charge is -2.04. The van der Waals surface area contributed by atoms with Crippen molar-refractivity contribution in [2.24, 2.45) is 0 Å². The van der Waals surface area contributed by atoms with Gasteiger partial charge >= 0.3 is 0 Å². The van der Waals surface area contributed by atoms with Crippen LogP contribution in [0.1, 0.15) is 16.2 Å². The van der Waals surface area contributed by atoms with Crippen LogP contribution in [-0.4, -0.2) is 22.4 Å². The quantitative estimate of drug-likeness (QED) is 0.831. The first-order chi connectivity index (χ1) is 8.75. The summed E-state index contributed by atoms with van der Waals surface area (Å²) in [5, 5.41) is 2.73. The van der Waals surface area contributed by atoms with Gasteiger partial charge in [-0.3, -0.25) is 14.6 Å². The fraction of sp³-hybridized carbons (Fsp3) is 0.154. The molecule has 2 aromatic rings. The number of hydrogen-bond acceptors (Lipinski definition) is 3. The Bertz CT molecular complexity index is 578. The second-order valence-electron chi connectivity index (χ2n) is 3.76. The van der Waals surface area contributed by atoms with Gasteiger partial charge in [0.15, 0.2) is 0 Å². The third kappa shape index (κ3) is 3.28. The Balaban J connectivity index is 1.87. The third-order valence-corrected chi connectivity index (χ3v) is 2.41. The van der Waals surface area contributed by atoms with E-state index in [0.29, 0.717) is 13.0 Å². The van der Waals surface area contributed by atoms with Crippen LogP contribution >= 0.6 is 0 Å². The normalized spacial score (nSPS) is 10.0. The van der Waals surface area contributed by atoms with Crippen LogP contribution < -0.4 is 10.9 Å². The van der Waals surface area contributed by atoms with Crippen LogP contribution in [0.15, 0.2) is 47.4 Å². The zero-order valence-electron chi connectivity index (χ0n) is 9.72. The summed E-state index contributed by atoms with van der Waals surface area (Å²) >= 11 is 0. The SMILES string of the molecule is O=C(NCCc1ccccn1)c1cccc(=O)[nH]1. The molecule has 0 aromatic carbocycles. The molecule has 0 aliphatic rings. The Kier molecular flexibility index (Phi) is 3.86. The van der Waals surface area contributed by atoms with E-state index in [2.05, 4.69) is 15.3 Å². The first-order valence-electron chi connectivity index (χ1n) is 5.63. The molecule has 0 bridgehead atoms. The number of rotatable bonds is 4. The summed E-state index contributed by atoms with van der Waals surface area (Å²) in [6.45, 7) is 0.479. The van der Waals surface area contributed by atoms with E-state index in [1.54, 1.807) is 18.3 Å². The van der Waals surface area contributed by atoms with Gasteiger partial charge in [-0.25, -0.2) is 0 Å². The molecular formula is C13H13N3O2. The van der Waals surface area contributed by atoms with Gasteiger partial charge in [0.1, 0.15) is 5.69 Å². The van der Waals surface area contributed by atoms with E-state index in [0.717, 1.165) is 5.69 Å². The Morgan fingerprint density at radius 1 is 1.22 bits per heavy atom. The summed E-state index contributed by atoms with van der Waals surface area (Å²) in [6, 6.07) is 10.1. The molecule has 0 aliphatic carbocycles. The van der Waals surface area contributed by atoms with E-state index in [-0.39, 0.29) is 17.2 Å².